The highest BCUT2D eigenvalue weighted by Gasteiger charge is 2.31. The van der Waals surface area contributed by atoms with Crippen molar-refractivity contribution in [1.82, 2.24) is 0 Å². The molecule has 2 atom stereocenters. The molecule has 0 aromatic rings. The highest BCUT2D eigenvalue weighted by molar-refractivity contribution is 5.72. The number of esters is 2. The van der Waals surface area contributed by atoms with Gasteiger partial charge in [-0.25, -0.2) is 4.79 Å². The number of carbonyl (C=O) groups is 3. The molecular formula is C56H104NO7+. The minimum atomic E-state index is -0.875. The molecule has 0 saturated heterocycles. The van der Waals surface area contributed by atoms with Gasteiger partial charge in [-0.2, -0.15) is 0 Å². The van der Waals surface area contributed by atoms with E-state index in [-0.39, 0.29) is 36.2 Å². The van der Waals surface area contributed by atoms with Crippen LogP contribution in [0.4, 0.5) is 0 Å². The molecule has 0 radical (unpaired) electrons. The Hall–Kier alpha value is -2.45. The molecule has 0 saturated carbocycles. The van der Waals surface area contributed by atoms with E-state index in [9.17, 15) is 19.5 Å². The van der Waals surface area contributed by atoms with E-state index in [1.807, 2.05) is 21.1 Å². The Kier molecular flexibility index (Phi) is 45.3. The van der Waals surface area contributed by atoms with Gasteiger partial charge in [0, 0.05) is 19.3 Å². The van der Waals surface area contributed by atoms with Crippen molar-refractivity contribution in [3.05, 3.63) is 36.5 Å². The van der Waals surface area contributed by atoms with Crippen molar-refractivity contribution in [2.24, 2.45) is 0 Å². The highest BCUT2D eigenvalue weighted by Crippen LogP contribution is 2.15. The van der Waals surface area contributed by atoms with Gasteiger partial charge in [0.25, 0.3) is 0 Å². The first-order valence-corrected chi connectivity index (χ1v) is 27.0. The fourth-order valence-corrected chi connectivity index (χ4v) is 8.06. The van der Waals surface area contributed by atoms with Gasteiger partial charge in [0.05, 0.1) is 34.4 Å². The van der Waals surface area contributed by atoms with Crippen LogP contribution in [0.2, 0.25) is 0 Å². The Morgan fingerprint density at radius 3 is 1.22 bits per heavy atom. The second-order valence-corrected chi connectivity index (χ2v) is 19.5. The molecule has 0 aliphatic carbocycles. The van der Waals surface area contributed by atoms with Crippen LogP contribution in [0.15, 0.2) is 36.5 Å². The molecule has 0 fully saturated rings. The number of carboxylic acid groups (broad SMARTS) is 1. The van der Waals surface area contributed by atoms with Crippen molar-refractivity contribution >= 4 is 17.9 Å². The van der Waals surface area contributed by atoms with E-state index in [0.29, 0.717) is 19.3 Å². The number of aliphatic carboxylic acids is 1. The molecule has 0 aliphatic heterocycles. The fraction of sp³-hybridized carbons (Fsp3) is 0.839. The van der Waals surface area contributed by atoms with E-state index in [4.69, 9.17) is 14.2 Å². The first kappa shape index (κ1) is 61.5. The summed E-state index contributed by atoms with van der Waals surface area (Å²) in [6, 6.07) is -0.617. The fourth-order valence-electron chi connectivity index (χ4n) is 8.06. The van der Waals surface area contributed by atoms with Crippen LogP contribution in [-0.2, 0) is 28.6 Å². The van der Waals surface area contributed by atoms with E-state index < -0.39 is 18.1 Å². The summed E-state index contributed by atoms with van der Waals surface area (Å²) in [5.74, 6) is -1.47. The van der Waals surface area contributed by atoms with E-state index in [1.54, 1.807) is 0 Å². The van der Waals surface area contributed by atoms with Crippen molar-refractivity contribution < 1.29 is 38.2 Å². The first-order valence-electron chi connectivity index (χ1n) is 27.0. The first-order chi connectivity index (χ1) is 31.1. The molecule has 374 valence electrons. The summed E-state index contributed by atoms with van der Waals surface area (Å²) in [5, 5.41) is 9.66. The topological polar surface area (TPSA) is 99.1 Å². The average Bonchev–Trinajstić information content (AvgIpc) is 3.26. The summed E-state index contributed by atoms with van der Waals surface area (Å²) in [6.45, 7) is 4.75. The summed E-state index contributed by atoms with van der Waals surface area (Å²) < 4.78 is 17.4. The lowest BCUT2D eigenvalue weighted by Gasteiger charge is -2.31. The van der Waals surface area contributed by atoms with Crippen LogP contribution in [0.3, 0.4) is 0 Å². The predicted octanol–water partition coefficient (Wildman–Crippen LogP) is 15.8. The zero-order valence-electron chi connectivity index (χ0n) is 42.7. The molecule has 8 heteroatoms. The zero-order chi connectivity index (χ0) is 47.0. The third-order valence-electron chi connectivity index (χ3n) is 12.3. The summed E-state index contributed by atoms with van der Waals surface area (Å²) in [5.41, 5.74) is 0. The maximum absolute atomic E-state index is 12.8. The second-order valence-electron chi connectivity index (χ2n) is 19.5. The molecule has 0 aromatic carbocycles. The van der Waals surface area contributed by atoms with Crippen LogP contribution in [0.5, 0.6) is 0 Å². The number of nitrogens with zero attached hydrogens (tertiary/aromatic N) is 1. The molecule has 2 unspecified atom stereocenters. The van der Waals surface area contributed by atoms with Gasteiger partial charge in [0.15, 0.2) is 12.1 Å². The van der Waals surface area contributed by atoms with Gasteiger partial charge >= 0.3 is 17.9 Å². The normalized spacial score (nSPS) is 13.1. The number of hydrogen-bond donors (Lipinski definition) is 1. The molecule has 0 bridgehead atoms. The van der Waals surface area contributed by atoms with Crippen molar-refractivity contribution in [3.63, 3.8) is 0 Å². The smallest absolute Gasteiger partial charge is 0.362 e. The van der Waals surface area contributed by atoms with Crippen molar-refractivity contribution in [3.8, 4) is 0 Å². The summed E-state index contributed by atoms with van der Waals surface area (Å²) in [4.78, 5) is 37.2. The number of hydrogen-bond acceptors (Lipinski definition) is 6. The third kappa shape index (κ3) is 44.7. The maximum Gasteiger partial charge on any atom is 0.362 e. The lowest BCUT2D eigenvalue weighted by atomic mass is 10.1. The van der Waals surface area contributed by atoms with Gasteiger partial charge in [-0.3, -0.25) is 9.59 Å². The predicted molar refractivity (Wildman–Crippen MR) is 271 cm³/mol. The van der Waals surface area contributed by atoms with Crippen LogP contribution in [0.25, 0.3) is 0 Å². The van der Waals surface area contributed by atoms with Crippen LogP contribution >= 0.6 is 0 Å². The number of carboxylic acids is 1. The number of carbonyl (C=O) groups excluding carboxylic acids is 2. The van der Waals surface area contributed by atoms with Gasteiger partial charge in [-0.1, -0.05) is 198 Å². The van der Waals surface area contributed by atoms with Crippen LogP contribution in [0.1, 0.15) is 251 Å². The Morgan fingerprint density at radius 2 is 0.828 bits per heavy atom. The number of rotatable bonds is 49. The summed E-state index contributed by atoms with van der Waals surface area (Å²) in [6.07, 6.45) is 56.2. The van der Waals surface area contributed by atoms with E-state index in [2.05, 4.69) is 50.3 Å². The van der Waals surface area contributed by atoms with Gasteiger partial charge in [-0.05, 0) is 70.6 Å². The Labute approximate surface area is 395 Å². The summed E-state index contributed by atoms with van der Waals surface area (Å²) in [7, 11) is 5.54. The monoisotopic (exact) mass is 903 g/mol. The molecule has 0 aliphatic rings. The molecular weight excluding hydrogens is 799 g/mol. The third-order valence-corrected chi connectivity index (χ3v) is 12.3. The number of allylic oxidation sites excluding steroid dienone is 6. The standard InChI is InChI=1S/C56H103NO7/c1-6-8-10-12-14-16-18-20-22-24-25-26-27-28-29-31-32-34-36-38-40-42-44-46-54(58)63-51-52(50-62-49-48-53(56(60)61)57(3,4)5)64-55(59)47-45-43-41-39-37-35-33-30-23-21-19-17-15-13-11-9-7-2/h21,23,25-26,28-29,52-53H,6-20,22,24,27,30-51H2,1-5H3/p+1/b23-21+,26-25+,29-28+. The molecule has 0 spiro atoms. The van der Waals surface area contributed by atoms with Crippen molar-refractivity contribution in [2.75, 3.05) is 41.0 Å². The highest BCUT2D eigenvalue weighted by atomic mass is 16.6. The van der Waals surface area contributed by atoms with Crippen LogP contribution in [0, 0.1) is 0 Å². The van der Waals surface area contributed by atoms with Gasteiger partial charge in [0.1, 0.15) is 6.61 Å². The van der Waals surface area contributed by atoms with Crippen molar-refractivity contribution in [1.29, 1.82) is 0 Å². The Bertz CT molecular complexity index is 1140. The van der Waals surface area contributed by atoms with Crippen LogP contribution < -0.4 is 0 Å². The SMILES string of the molecule is CCCCCCCC/C=C/CCCCCCCCCC(=O)OC(COCCC(C(=O)O)[N+](C)(C)C)COC(=O)CCCCCCCCC/C=C/C/C=C/CCCCCCCCCCC. The van der Waals surface area contributed by atoms with Gasteiger partial charge in [-0.15, -0.1) is 0 Å². The molecule has 0 amide bonds. The number of likely N-dealkylation sites (N-methyl/N-ethyl adjacent to an activating group) is 1. The Morgan fingerprint density at radius 1 is 0.469 bits per heavy atom. The quantitative estimate of drug-likeness (QED) is 0.0281. The Balaban J connectivity index is 4.21. The second kappa shape index (κ2) is 47.1. The van der Waals surface area contributed by atoms with Crippen LogP contribution in [-0.4, -0.2) is 80.6 Å². The number of quaternary nitrogens is 1. The lowest BCUT2D eigenvalue weighted by Crippen LogP contribution is -2.50. The minimum absolute atomic E-state index is 0.0550. The van der Waals surface area contributed by atoms with E-state index >= 15 is 0 Å². The molecule has 0 heterocycles. The largest absolute Gasteiger partial charge is 0.477 e. The minimum Gasteiger partial charge on any atom is -0.477 e. The molecule has 1 N–H and O–H groups in total. The molecule has 8 nitrogen and oxygen atoms in total. The van der Waals surface area contributed by atoms with Gasteiger partial charge < -0.3 is 23.8 Å². The van der Waals surface area contributed by atoms with E-state index in [1.165, 1.54) is 167 Å². The summed E-state index contributed by atoms with van der Waals surface area (Å²) >= 11 is 0. The van der Waals surface area contributed by atoms with Crippen molar-refractivity contribution in [2.45, 2.75) is 264 Å². The molecule has 0 rings (SSSR count). The number of unbranched alkanes of at least 4 members (excludes halogenated alkanes) is 29. The maximum atomic E-state index is 12.8. The lowest BCUT2D eigenvalue weighted by molar-refractivity contribution is -0.887. The van der Waals surface area contributed by atoms with Gasteiger partial charge in [0.2, 0.25) is 0 Å². The average molecular weight is 903 g/mol. The van der Waals surface area contributed by atoms with E-state index in [0.717, 1.165) is 51.4 Å². The molecule has 64 heavy (non-hydrogen) atoms. The number of ether oxygens (including phenoxy) is 3. The molecule has 0 aromatic heterocycles. The zero-order valence-corrected chi connectivity index (χ0v) is 42.7.